The van der Waals surface area contributed by atoms with Gasteiger partial charge in [-0.15, -0.1) is 0 Å². The first kappa shape index (κ1) is 12.9. The van der Waals surface area contributed by atoms with E-state index in [4.69, 9.17) is 0 Å². The van der Waals surface area contributed by atoms with Crippen LogP contribution in [0.5, 0.6) is 0 Å². The van der Waals surface area contributed by atoms with E-state index < -0.39 is 11.0 Å². The smallest absolute Gasteiger partial charge is 0.169 e. The number of carbonyl (C=O) groups is 1. The van der Waals surface area contributed by atoms with Crippen LogP contribution in [0.4, 0.5) is 0 Å². The van der Waals surface area contributed by atoms with Gasteiger partial charge in [-0.1, -0.05) is 51.1 Å². The molecule has 0 aliphatic heterocycles. The molecule has 0 saturated carbocycles. The van der Waals surface area contributed by atoms with Crippen LogP contribution in [-0.4, -0.2) is 16.5 Å². The molecule has 0 amide bonds. The van der Waals surface area contributed by atoms with Crippen molar-refractivity contribution in [2.75, 3.05) is 0 Å². The van der Waals surface area contributed by atoms with Crippen LogP contribution in [0.2, 0.25) is 0 Å². The molecule has 0 radical (unpaired) electrons. The summed E-state index contributed by atoms with van der Waals surface area (Å²) in [6.45, 7) is 7.08. The molecule has 0 aliphatic rings. The molecule has 0 aliphatic carbocycles. The zero-order chi connectivity index (χ0) is 12.4. The molecule has 1 rings (SSSR count). The fourth-order valence-corrected chi connectivity index (χ4v) is 1.88. The summed E-state index contributed by atoms with van der Waals surface area (Å²) in [7, 11) is 0. The van der Waals surface area contributed by atoms with Crippen LogP contribution in [0.25, 0.3) is 0 Å². The Kier molecular flexibility index (Phi) is 3.54. The van der Waals surface area contributed by atoms with E-state index in [9.17, 15) is 9.90 Å². The molecule has 1 atom stereocenters. The van der Waals surface area contributed by atoms with Gasteiger partial charge >= 0.3 is 0 Å². The minimum atomic E-state index is -1.29. The van der Waals surface area contributed by atoms with Crippen LogP contribution in [0.15, 0.2) is 30.3 Å². The summed E-state index contributed by atoms with van der Waals surface area (Å²) in [5, 5.41) is 10.2. The first-order chi connectivity index (χ1) is 7.23. The van der Waals surface area contributed by atoms with Crippen LogP contribution in [-0.2, 0) is 11.2 Å². The van der Waals surface area contributed by atoms with Gasteiger partial charge in [0.05, 0.1) is 0 Å². The second kappa shape index (κ2) is 4.38. The normalized spacial score (nSPS) is 15.6. The van der Waals surface area contributed by atoms with Gasteiger partial charge in [0, 0.05) is 11.8 Å². The summed E-state index contributed by atoms with van der Waals surface area (Å²) in [5.41, 5.74) is -0.831. The van der Waals surface area contributed by atoms with Crippen molar-refractivity contribution in [3.8, 4) is 0 Å². The average molecular weight is 220 g/mol. The highest BCUT2D eigenvalue weighted by atomic mass is 16.3. The number of hydrogen-bond donors (Lipinski definition) is 1. The molecule has 88 valence electrons. The van der Waals surface area contributed by atoms with Crippen LogP contribution < -0.4 is 0 Å². The van der Waals surface area contributed by atoms with E-state index in [2.05, 4.69) is 0 Å². The van der Waals surface area contributed by atoms with Crippen LogP contribution in [0.3, 0.4) is 0 Å². The molecule has 2 nitrogen and oxygen atoms in total. The van der Waals surface area contributed by atoms with Crippen molar-refractivity contribution in [1.29, 1.82) is 0 Å². The van der Waals surface area contributed by atoms with Crippen molar-refractivity contribution < 1.29 is 9.90 Å². The van der Waals surface area contributed by atoms with E-state index in [1.54, 1.807) is 6.92 Å². The molecule has 0 saturated heterocycles. The van der Waals surface area contributed by atoms with Crippen LogP contribution >= 0.6 is 0 Å². The molecule has 0 heterocycles. The summed E-state index contributed by atoms with van der Waals surface area (Å²) in [6.07, 6.45) is 0.365. The standard InChI is InChI=1S/C14H20O2/c1-13(2,3)12(15)14(4,16)10-11-8-6-5-7-9-11/h5-9,16H,10H2,1-4H3. The molecule has 1 N–H and O–H groups in total. The first-order valence-corrected chi connectivity index (χ1v) is 5.55. The molecule has 1 aromatic rings. The predicted molar refractivity (Wildman–Crippen MR) is 65.2 cm³/mol. The molecular weight excluding hydrogens is 200 g/mol. The molecule has 1 aromatic carbocycles. The first-order valence-electron chi connectivity index (χ1n) is 5.55. The zero-order valence-corrected chi connectivity index (χ0v) is 10.4. The van der Waals surface area contributed by atoms with E-state index in [-0.39, 0.29) is 5.78 Å². The van der Waals surface area contributed by atoms with Gasteiger partial charge in [-0.05, 0) is 12.5 Å². The fraction of sp³-hybridized carbons (Fsp3) is 0.500. The van der Waals surface area contributed by atoms with Gasteiger partial charge in [0.25, 0.3) is 0 Å². The third kappa shape index (κ3) is 3.17. The number of aliphatic hydroxyl groups is 1. The van der Waals surface area contributed by atoms with Gasteiger partial charge < -0.3 is 5.11 Å². The molecule has 16 heavy (non-hydrogen) atoms. The lowest BCUT2D eigenvalue weighted by atomic mass is 9.78. The van der Waals surface area contributed by atoms with E-state index >= 15 is 0 Å². The summed E-state index contributed by atoms with van der Waals surface area (Å²) in [6, 6.07) is 9.58. The molecule has 0 aromatic heterocycles. The van der Waals surface area contributed by atoms with Crippen molar-refractivity contribution >= 4 is 5.78 Å². The van der Waals surface area contributed by atoms with Crippen LogP contribution in [0, 0.1) is 5.41 Å². The SMILES string of the molecule is CC(C)(C)C(=O)C(C)(O)Cc1ccccc1. The molecule has 0 bridgehead atoms. The second-order valence-electron chi connectivity index (χ2n) is 5.52. The third-order valence-corrected chi connectivity index (χ3v) is 2.56. The predicted octanol–water partition coefficient (Wildman–Crippen LogP) is 2.60. The van der Waals surface area contributed by atoms with Gasteiger partial charge in [-0.2, -0.15) is 0 Å². The lowest BCUT2D eigenvalue weighted by Gasteiger charge is -2.29. The summed E-state index contributed by atoms with van der Waals surface area (Å²) in [5.74, 6) is -0.121. The lowest BCUT2D eigenvalue weighted by molar-refractivity contribution is -0.143. The van der Waals surface area contributed by atoms with E-state index in [0.717, 1.165) is 5.56 Å². The number of ketones is 1. The maximum Gasteiger partial charge on any atom is 0.169 e. The maximum atomic E-state index is 12.0. The van der Waals surface area contributed by atoms with Crippen molar-refractivity contribution in [1.82, 2.24) is 0 Å². The largest absolute Gasteiger partial charge is 0.382 e. The van der Waals surface area contributed by atoms with Gasteiger partial charge in [0.15, 0.2) is 5.78 Å². The number of hydrogen-bond acceptors (Lipinski definition) is 2. The van der Waals surface area contributed by atoms with Crippen molar-refractivity contribution in [3.05, 3.63) is 35.9 Å². The second-order valence-corrected chi connectivity index (χ2v) is 5.52. The topological polar surface area (TPSA) is 37.3 Å². The van der Waals surface area contributed by atoms with E-state index in [0.29, 0.717) is 6.42 Å². The van der Waals surface area contributed by atoms with E-state index in [1.807, 2.05) is 51.1 Å². The van der Waals surface area contributed by atoms with Gasteiger partial charge in [0.1, 0.15) is 5.60 Å². The van der Waals surface area contributed by atoms with Crippen molar-refractivity contribution in [2.24, 2.45) is 5.41 Å². The number of benzene rings is 1. The highest BCUT2D eigenvalue weighted by Gasteiger charge is 2.37. The quantitative estimate of drug-likeness (QED) is 0.850. The van der Waals surface area contributed by atoms with Crippen molar-refractivity contribution in [3.63, 3.8) is 0 Å². The summed E-state index contributed by atoms with van der Waals surface area (Å²) < 4.78 is 0. The number of carbonyl (C=O) groups excluding carboxylic acids is 1. The third-order valence-electron chi connectivity index (χ3n) is 2.56. The Labute approximate surface area is 97.3 Å². The number of Topliss-reactive ketones (excluding diaryl/α,β-unsaturated/α-hetero) is 1. The molecule has 0 spiro atoms. The molecular formula is C14H20O2. The number of rotatable bonds is 3. The Morgan fingerprint density at radius 2 is 1.62 bits per heavy atom. The Morgan fingerprint density at radius 1 is 1.12 bits per heavy atom. The minimum Gasteiger partial charge on any atom is -0.382 e. The fourth-order valence-electron chi connectivity index (χ4n) is 1.88. The lowest BCUT2D eigenvalue weighted by Crippen LogP contribution is -2.44. The zero-order valence-electron chi connectivity index (χ0n) is 10.4. The molecule has 0 fully saturated rings. The van der Waals surface area contributed by atoms with Gasteiger partial charge in [-0.25, -0.2) is 0 Å². The maximum absolute atomic E-state index is 12.0. The highest BCUT2D eigenvalue weighted by molar-refractivity contribution is 5.91. The van der Waals surface area contributed by atoms with E-state index in [1.165, 1.54) is 0 Å². The van der Waals surface area contributed by atoms with Gasteiger partial charge in [-0.3, -0.25) is 4.79 Å². The Morgan fingerprint density at radius 3 is 2.06 bits per heavy atom. The Bertz CT molecular complexity index is 358. The minimum absolute atomic E-state index is 0.121. The van der Waals surface area contributed by atoms with Crippen LogP contribution in [0.1, 0.15) is 33.3 Å². The highest BCUT2D eigenvalue weighted by Crippen LogP contribution is 2.25. The molecule has 2 heteroatoms. The molecule has 1 unspecified atom stereocenters. The Balaban J connectivity index is 2.84. The monoisotopic (exact) mass is 220 g/mol. The summed E-state index contributed by atoms with van der Waals surface area (Å²) >= 11 is 0. The van der Waals surface area contributed by atoms with Gasteiger partial charge in [0.2, 0.25) is 0 Å². The van der Waals surface area contributed by atoms with Crippen molar-refractivity contribution in [2.45, 2.75) is 39.7 Å². The summed E-state index contributed by atoms with van der Waals surface area (Å²) in [4.78, 5) is 12.0. The average Bonchev–Trinajstić information content (AvgIpc) is 2.16. The Hall–Kier alpha value is -1.15.